The fourth-order valence-electron chi connectivity index (χ4n) is 2.38. The molecule has 2 N–H and O–H groups in total. The van der Waals surface area contributed by atoms with Crippen molar-refractivity contribution in [3.8, 4) is 0 Å². The van der Waals surface area contributed by atoms with Crippen molar-refractivity contribution >= 4 is 30.1 Å². The lowest BCUT2D eigenvalue weighted by Gasteiger charge is -2.28. The maximum absolute atomic E-state index is 11.9. The van der Waals surface area contributed by atoms with E-state index in [0.717, 1.165) is 18.0 Å². The number of hydrogen-bond donors (Lipinski definition) is 2. The first-order valence-electron chi connectivity index (χ1n) is 6.93. The normalized spacial score (nSPS) is 19.8. The van der Waals surface area contributed by atoms with Crippen LogP contribution >= 0.6 is 24.2 Å². The van der Waals surface area contributed by atoms with Crippen LogP contribution < -0.4 is 10.6 Å². The first kappa shape index (κ1) is 17.3. The molecule has 1 fully saturated rings. The zero-order valence-corrected chi connectivity index (χ0v) is 13.4. The molecule has 20 heavy (non-hydrogen) atoms. The van der Waals surface area contributed by atoms with Gasteiger partial charge in [-0.3, -0.25) is 4.79 Å². The van der Waals surface area contributed by atoms with E-state index < -0.39 is 0 Å². The quantitative estimate of drug-likeness (QED) is 0.821. The van der Waals surface area contributed by atoms with Crippen molar-refractivity contribution in [1.29, 1.82) is 0 Å². The number of nitrogens with one attached hydrogen (secondary N) is 2. The molecule has 3 nitrogen and oxygen atoms in total. The summed E-state index contributed by atoms with van der Waals surface area (Å²) in [5, 5.41) is 6.51. The summed E-state index contributed by atoms with van der Waals surface area (Å²) in [6.07, 6.45) is 2.42. The van der Waals surface area contributed by atoms with Gasteiger partial charge in [0.05, 0.1) is 5.75 Å². The molecule has 0 aromatic heterocycles. The Balaban J connectivity index is 0.00000200. The van der Waals surface area contributed by atoms with Gasteiger partial charge in [0.2, 0.25) is 5.91 Å². The van der Waals surface area contributed by atoms with Gasteiger partial charge >= 0.3 is 0 Å². The number of piperidine rings is 1. The van der Waals surface area contributed by atoms with Crippen LogP contribution in [0.1, 0.15) is 19.8 Å². The molecular formula is C15H23ClN2OS. The third kappa shape index (κ3) is 5.73. The monoisotopic (exact) mass is 314 g/mol. The molecule has 1 aliphatic rings. The van der Waals surface area contributed by atoms with Crippen molar-refractivity contribution in [3.05, 3.63) is 30.3 Å². The molecule has 0 spiro atoms. The SMILES string of the molecule is CC(NC(=O)CSc1ccccc1)C1CCCNC1.Cl. The van der Waals surface area contributed by atoms with Gasteiger partial charge in [0.25, 0.3) is 0 Å². The highest BCUT2D eigenvalue weighted by Gasteiger charge is 2.21. The Morgan fingerprint density at radius 1 is 1.45 bits per heavy atom. The predicted octanol–water partition coefficient (Wildman–Crippen LogP) is 2.70. The van der Waals surface area contributed by atoms with Crippen molar-refractivity contribution in [3.63, 3.8) is 0 Å². The molecular weight excluding hydrogens is 292 g/mol. The highest BCUT2D eigenvalue weighted by molar-refractivity contribution is 8.00. The second-order valence-corrected chi connectivity index (χ2v) is 6.11. The molecule has 5 heteroatoms. The standard InChI is InChI=1S/C15H22N2OS.ClH/c1-12(13-6-5-9-16-10-13)17-15(18)11-19-14-7-3-2-4-8-14;/h2-4,7-8,12-13,16H,5-6,9-11H2,1H3,(H,17,18);1H. The maximum Gasteiger partial charge on any atom is 0.230 e. The highest BCUT2D eigenvalue weighted by atomic mass is 35.5. The average molecular weight is 315 g/mol. The van der Waals surface area contributed by atoms with Crippen LogP contribution in [0.2, 0.25) is 0 Å². The Hall–Kier alpha value is -0.710. The lowest BCUT2D eigenvalue weighted by atomic mass is 9.93. The van der Waals surface area contributed by atoms with Crippen LogP contribution in [0, 0.1) is 5.92 Å². The third-order valence-electron chi connectivity index (χ3n) is 3.54. The lowest BCUT2D eigenvalue weighted by molar-refractivity contribution is -0.119. The van der Waals surface area contributed by atoms with E-state index in [2.05, 4.69) is 17.6 Å². The van der Waals surface area contributed by atoms with E-state index in [9.17, 15) is 4.79 Å². The maximum atomic E-state index is 11.9. The topological polar surface area (TPSA) is 41.1 Å². The summed E-state index contributed by atoms with van der Waals surface area (Å²) in [4.78, 5) is 13.1. The second-order valence-electron chi connectivity index (χ2n) is 5.06. The van der Waals surface area contributed by atoms with E-state index >= 15 is 0 Å². The largest absolute Gasteiger partial charge is 0.353 e. The van der Waals surface area contributed by atoms with E-state index in [1.807, 2.05) is 30.3 Å². The van der Waals surface area contributed by atoms with E-state index in [4.69, 9.17) is 0 Å². The Morgan fingerprint density at radius 3 is 2.85 bits per heavy atom. The summed E-state index contributed by atoms with van der Waals surface area (Å²) < 4.78 is 0. The smallest absolute Gasteiger partial charge is 0.230 e. The number of amides is 1. The van der Waals surface area contributed by atoms with E-state index in [0.29, 0.717) is 11.7 Å². The zero-order chi connectivity index (χ0) is 13.5. The van der Waals surface area contributed by atoms with Crippen LogP contribution in [0.4, 0.5) is 0 Å². The third-order valence-corrected chi connectivity index (χ3v) is 4.56. The van der Waals surface area contributed by atoms with Crippen LogP contribution in [-0.2, 0) is 4.79 Å². The van der Waals surface area contributed by atoms with Crippen LogP contribution in [0.5, 0.6) is 0 Å². The minimum Gasteiger partial charge on any atom is -0.353 e. The Bertz CT molecular complexity index is 396. The van der Waals surface area contributed by atoms with Crippen molar-refractivity contribution in [2.75, 3.05) is 18.8 Å². The van der Waals surface area contributed by atoms with Gasteiger partial charge in [-0.1, -0.05) is 18.2 Å². The molecule has 1 saturated heterocycles. The van der Waals surface area contributed by atoms with Crippen LogP contribution in [-0.4, -0.2) is 30.8 Å². The molecule has 1 aliphatic heterocycles. The zero-order valence-electron chi connectivity index (χ0n) is 11.8. The molecule has 0 aliphatic carbocycles. The van der Waals surface area contributed by atoms with Gasteiger partial charge in [-0.15, -0.1) is 24.2 Å². The van der Waals surface area contributed by atoms with Crippen molar-refractivity contribution in [2.45, 2.75) is 30.7 Å². The number of rotatable bonds is 5. The van der Waals surface area contributed by atoms with Gasteiger partial charge in [0, 0.05) is 10.9 Å². The van der Waals surface area contributed by atoms with E-state index in [-0.39, 0.29) is 24.4 Å². The number of carbonyl (C=O) groups is 1. The van der Waals surface area contributed by atoms with Crippen molar-refractivity contribution in [1.82, 2.24) is 10.6 Å². The minimum atomic E-state index is 0. The first-order valence-corrected chi connectivity index (χ1v) is 7.92. The van der Waals surface area contributed by atoms with Crippen molar-refractivity contribution in [2.24, 2.45) is 5.92 Å². The number of thioether (sulfide) groups is 1. The number of halogens is 1. The molecule has 0 bridgehead atoms. The van der Waals surface area contributed by atoms with Gasteiger partial charge in [0.1, 0.15) is 0 Å². The Morgan fingerprint density at radius 2 is 2.20 bits per heavy atom. The van der Waals surface area contributed by atoms with Crippen LogP contribution in [0.15, 0.2) is 35.2 Å². The number of carbonyl (C=O) groups excluding carboxylic acids is 1. The van der Waals surface area contributed by atoms with E-state index in [1.54, 1.807) is 11.8 Å². The fraction of sp³-hybridized carbons (Fsp3) is 0.533. The van der Waals surface area contributed by atoms with Gasteiger partial charge in [0.15, 0.2) is 0 Å². The lowest BCUT2D eigenvalue weighted by Crippen LogP contribution is -2.45. The van der Waals surface area contributed by atoms with Gasteiger partial charge in [-0.05, 0) is 50.9 Å². The molecule has 0 saturated carbocycles. The van der Waals surface area contributed by atoms with Gasteiger partial charge in [-0.2, -0.15) is 0 Å². The van der Waals surface area contributed by atoms with Gasteiger partial charge in [-0.25, -0.2) is 0 Å². The van der Waals surface area contributed by atoms with Crippen molar-refractivity contribution < 1.29 is 4.79 Å². The average Bonchev–Trinajstić information content (AvgIpc) is 2.47. The molecule has 2 unspecified atom stereocenters. The molecule has 1 aromatic rings. The van der Waals surface area contributed by atoms with E-state index in [1.165, 1.54) is 12.8 Å². The minimum absolute atomic E-state index is 0. The molecule has 2 atom stereocenters. The second kappa shape index (κ2) is 9.27. The first-order chi connectivity index (χ1) is 9.25. The molecule has 0 radical (unpaired) electrons. The predicted molar refractivity (Wildman–Crippen MR) is 87.6 cm³/mol. The molecule has 1 amide bonds. The van der Waals surface area contributed by atoms with Crippen LogP contribution in [0.25, 0.3) is 0 Å². The Labute approximate surface area is 131 Å². The molecule has 2 rings (SSSR count). The highest BCUT2D eigenvalue weighted by Crippen LogP contribution is 2.17. The number of benzene rings is 1. The summed E-state index contributed by atoms with van der Waals surface area (Å²) in [6, 6.07) is 10.3. The molecule has 1 heterocycles. The van der Waals surface area contributed by atoms with Gasteiger partial charge < -0.3 is 10.6 Å². The summed E-state index contributed by atoms with van der Waals surface area (Å²) in [7, 11) is 0. The van der Waals surface area contributed by atoms with Crippen LogP contribution in [0.3, 0.4) is 0 Å². The fourth-order valence-corrected chi connectivity index (χ4v) is 3.12. The number of hydrogen-bond acceptors (Lipinski definition) is 3. The molecule has 1 aromatic carbocycles. The molecule has 112 valence electrons. The Kier molecular flexibility index (Phi) is 8.04. The summed E-state index contributed by atoms with van der Waals surface area (Å²) in [5.74, 6) is 1.19. The summed E-state index contributed by atoms with van der Waals surface area (Å²) in [6.45, 7) is 4.25. The summed E-state index contributed by atoms with van der Waals surface area (Å²) in [5.41, 5.74) is 0. The summed E-state index contributed by atoms with van der Waals surface area (Å²) >= 11 is 1.59.